The Balaban J connectivity index is 2.17. The smallest absolute Gasteiger partial charge is 0.00173 e. The van der Waals surface area contributed by atoms with Crippen LogP contribution in [0.4, 0.5) is 0 Å². The molecule has 1 fully saturated rings. The van der Waals surface area contributed by atoms with Crippen LogP contribution in [-0.4, -0.2) is 6.54 Å². The average Bonchev–Trinajstić information content (AvgIpc) is 2.98. The fourth-order valence-corrected chi connectivity index (χ4v) is 2.21. The molecule has 1 heteroatoms. The summed E-state index contributed by atoms with van der Waals surface area (Å²) in [7, 11) is 0. The number of nitrogens with two attached hydrogens (primary N) is 1. The van der Waals surface area contributed by atoms with Gasteiger partial charge in [-0.25, -0.2) is 0 Å². The van der Waals surface area contributed by atoms with Gasteiger partial charge in [0.25, 0.3) is 0 Å². The topological polar surface area (TPSA) is 26.0 Å². The molecular formula is C15H23N. The molecule has 0 aromatic heterocycles. The maximum absolute atomic E-state index is 5.84. The Hall–Kier alpha value is -0.820. The molecule has 1 aromatic rings. The Kier molecular flexibility index (Phi) is 2.83. The predicted octanol–water partition coefficient (Wildman–Crippen LogP) is 3.27. The van der Waals surface area contributed by atoms with E-state index in [2.05, 4.69) is 45.0 Å². The van der Waals surface area contributed by atoms with E-state index in [-0.39, 0.29) is 5.41 Å². The third-order valence-corrected chi connectivity index (χ3v) is 3.76. The lowest BCUT2D eigenvalue weighted by Gasteiger charge is -2.21. The van der Waals surface area contributed by atoms with E-state index in [9.17, 15) is 0 Å². The standard InChI is InChI=1S/C15H23N/c1-14(2,3)13-6-4-5-12(9-13)10-15(11-16)7-8-15/h4-6,9H,7-8,10-11,16H2,1-3H3. The Morgan fingerprint density at radius 2 is 1.94 bits per heavy atom. The molecule has 1 aromatic carbocycles. The van der Waals surface area contributed by atoms with Crippen LogP contribution in [0.25, 0.3) is 0 Å². The van der Waals surface area contributed by atoms with Gasteiger partial charge in [-0.05, 0) is 47.8 Å². The maximum Gasteiger partial charge on any atom is -0.00173 e. The lowest BCUT2D eigenvalue weighted by Crippen LogP contribution is -2.18. The molecule has 88 valence electrons. The van der Waals surface area contributed by atoms with Gasteiger partial charge in [0, 0.05) is 0 Å². The molecule has 0 amide bonds. The van der Waals surface area contributed by atoms with Crippen molar-refractivity contribution in [2.24, 2.45) is 11.1 Å². The maximum atomic E-state index is 5.84. The first-order valence-electron chi connectivity index (χ1n) is 6.25. The molecule has 0 bridgehead atoms. The Bertz CT molecular complexity index is 369. The van der Waals surface area contributed by atoms with Crippen LogP contribution in [0.5, 0.6) is 0 Å². The Morgan fingerprint density at radius 1 is 1.25 bits per heavy atom. The summed E-state index contributed by atoms with van der Waals surface area (Å²) in [5.41, 5.74) is 9.41. The van der Waals surface area contributed by atoms with E-state index in [0.29, 0.717) is 5.41 Å². The fourth-order valence-electron chi connectivity index (χ4n) is 2.21. The third kappa shape index (κ3) is 2.46. The van der Waals surface area contributed by atoms with Gasteiger partial charge in [0.2, 0.25) is 0 Å². The monoisotopic (exact) mass is 217 g/mol. The van der Waals surface area contributed by atoms with Crippen LogP contribution in [0, 0.1) is 5.41 Å². The highest BCUT2D eigenvalue weighted by atomic mass is 14.6. The molecule has 1 aliphatic rings. The van der Waals surface area contributed by atoms with Gasteiger partial charge in [-0.15, -0.1) is 0 Å². The van der Waals surface area contributed by atoms with Gasteiger partial charge >= 0.3 is 0 Å². The lowest BCUT2D eigenvalue weighted by molar-refractivity contribution is 0.519. The first-order chi connectivity index (χ1) is 7.45. The molecule has 0 atom stereocenters. The minimum absolute atomic E-state index is 0.245. The van der Waals surface area contributed by atoms with E-state index < -0.39 is 0 Å². The Labute approximate surface area is 99.0 Å². The molecule has 0 aliphatic heterocycles. The van der Waals surface area contributed by atoms with Crippen LogP contribution >= 0.6 is 0 Å². The van der Waals surface area contributed by atoms with E-state index in [0.717, 1.165) is 13.0 Å². The Morgan fingerprint density at radius 3 is 2.44 bits per heavy atom. The second-order valence-corrected chi connectivity index (χ2v) is 6.33. The van der Waals surface area contributed by atoms with Crippen molar-refractivity contribution in [1.82, 2.24) is 0 Å². The van der Waals surface area contributed by atoms with Gasteiger partial charge in [0.05, 0.1) is 0 Å². The zero-order chi connectivity index (χ0) is 11.8. The summed E-state index contributed by atoms with van der Waals surface area (Å²) in [6.07, 6.45) is 3.78. The van der Waals surface area contributed by atoms with E-state index in [1.807, 2.05) is 0 Å². The molecule has 16 heavy (non-hydrogen) atoms. The normalized spacial score (nSPS) is 18.5. The molecule has 0 saturated heterocycles. The largest absolute Gasteiger partial charge is 0.330 e. The first-order valence-corrected chi connectivity index (χ1v) is 6.25. The first kappa shape index (κ1) is 11.7. The molecule has 0 radical (unpaired) electrons. The molecule has 2 N–H and O–H groups in total. The number of rotatable bonds is 3. The summed E-state index contributed by atoms with van der Waals surface area (Å²) < 4.78 is 0. The van der Waals surface area contributed by atoms with Crippen LogP contribution in [0.2, 0.25) is 0 Å². The van der Waals surface area contributed by atoms with Gasteiger partial charge in [-0.2, -0.15) is 0 Å². The second kappa shape index (κ2) is 3.89. The third-order valence-electron chi connectivity index (χ3n) is 3.76. The van der Waals surface area contributed by atoms with Gasteiger partial charge in [-0.3, -0.25) is 0 Å². The van der Waals surface area contributed by atoms with Crippen molar-refractivity contribution in [3.63, 3.8) is 0 Å². The number of hydrogen-bond acceptors (Lipinski definition) is 1. The van der Waals surface area contributed by atoms with E-state index >= 15 is 0 Å². The van der Waals surface area contributed by atoms with Crippen molar-refractivity contribution < 1.29 is 0 Å². The van der Waals surface area contributed by atoms with Crippen molar-refractivity contribution in [3.8, 4) is 0 Å². The quantitative estimate of drug-likeness (QED) is 0.826. The van der Waals surface area contributed by atoms with Gasteiger partial charge in [0.15, 0.2) is 0 Å². The highest BCUT2D eigenvalue weighted by Crippen LogP contribution is 2.47. The molecular weight excluding hydrogens is 194 g/mol. The zero-order valence-corrected chi connectivity index (χ0v) is 10.7. The average molecular weight is 217 g/mol. The lowest BCUT2D eigenvalue weighted by atomic mass is 9.85. The molecule has 1 saturated carbocycles. The van der Waals surface area contributed by atoms with Crippen LogP contribution in [0.15, 0.2) is 24.3 Å². The predicted molar refractivity (Wildman–Crippen MR) is 69.6 cm³/mol. The van der Waals surface area contributed by atoms with E-state index in [1.54, 1.807) is 0 Å². The van der Waals surface area contributed by atoms with E-state index in [4.69, 9.17) is 5.73 Å². The molecule has 0 heterocycles. The zero-order valence-electron chi connectivity index (χ0n) is 10.7. The van der Waals surface area contributed by atoms with Crippen LogP contribution in [0.3, 0.4) is 0 Å². The van der Waals surface area contributed by atoms with Crippen LogP contribution < -0.4 is 5.73 Å². The van der Waals surface area contributed by atoms with Gasteiger partial charge < -0.3 is 5.73 Å². The molecule has 2 rings (SSSR count). The van der Waals surface area contributed by atoms with Crippen molar-refractivity contribution in [3.05, 3.63) is 35.4 Å². The van der Waals surface area contributed by atoms with Gasteiger partial charge in [0.1, 0.15) is 0 Å². The van der Waals surface area contributed by atoms with Crippen molar-refractivity contribution >= 4 is 0 Å². The second-order valence-electron chi connectivity index (χ2n) is 6.33. The highest BCUT2D eigenvalue weighted by Gasteiger charge is 2.40. The van der Waals surface area contributed by atoms with Crippen molar-refractivity contribution in [2.45, 2.75) is 45.4 Å². The van der Waals surface area contributed by atoms with Gasteiger partial charge in [-0.1, -0.05) is 45.0 Å². The molecule has 0 spiro atoms. The van der Waals surface area contributed by atoms with Crippen molar-refractivity contribution in [1.29, 1.82) is 0 Å². The van der Waals surface area contributed by atoms with Crippen molar-refractivity contribution in [2.75, 3.05) is 6.54 Å². The summed E-state index contributed by atoms with van der Waals surface area (Å²) in [4.78, 5) is 0. The summed E-state index contributed by atoms with van der Waals surface area (Å²) in [5, 5.41) is 0. The van der Waals surface area contributed by atoms with E-state index in [1.165, 1.54) is 24.0 Å². The molecule has 0 unspecified atom stereocenters. The summed E-state index contributed by atoms with van der Waals surface area (Å²) >= 11 is 0. The summed E-state index contributed by atoms with van der Waals surface area (Å²) in [6, 6.07) is 9.01. The van der Waals surface area contributed by atoms with Crippen LogP contribution in [0.1, 0.15) is 44.7 Å². The summed E-state index contributed by atoms with van der Waals surface area (Å²) in [6.45, 7) is 7.64. The van der Waals surface area contributed by atoms with Crippen LogP contribution in [-0.2, 0) is 11.8 Å². The molecule has 1 nitrogen and oxygen atoms in total. The fraction of sp³-hybridized carbons (Fsp3) is 0.600. The highest BCUT2D eigenvalue weighted by molar-refractivity contribution is 5.30. The minimum Gasteiger partial charge on any atom is -0.330 e. The number of hydrogen-bond donors (Lipinski definition) is 1. The number of benzene rings is 1. The SMILES string of the molecule is CC(C)(C)c1cccc(CC2(CN)CC2)c1. The summed E-state index contributed by atoms with van der Waals surface area (Å²) in [5.74, 6) is 0. The molecule has 1 aliphatic carbocycles. The minimum atomic E-state index is 0.245.